The van der Waals surface area contributed by atoms with E-state index in [1.165, 1.54) is 43.7 Å². The molecule has 9 nitrogen and oxygen atoms in total. The van der Waals surface area contributed by atoms with Gasteiger partial charge in [-0.3, -0.25) is 4.79 Å². The van der Waals surface area contributed by atoms with E-state index in [2.05, 4.69) is 27.8 Å². The van der Waals surface area contributed by atoms with Gasteiger partial charge >= 0.3 is 12.0 Å². The van der Waals surface area contributed by atoms with Gasteiger partial charge < -0.3 is 24.9 Å². The molecule has 0 amide bonds. The van der Waals surface area contributed by atoms with Crippen LogP contribution in [0.25, 0.3) is 11.2 Å². The molecule has 2 aromatic rings. The standard InChI is InChI=1S/C24H34FN5O4/c1-4-6-7-8-16-9-11-17(12-10-16)22(32)34-18(24(5-2,14-31)33-3)13-30-15-27-19-20(26)28-23(25)29-21(19)30/h2,15-18,31H,4,6-14H2,1,3H3,(H2,26,28,29)/t16?,17?,18-,24?/m0/s1. The summed E-state index contributed by atoms with van der Waals surface area (Å²) in [5.74, 6) is 2.34. The lowest BCUT2D eigenvalue weighted by atomic mass is 9.79. The maximum atomic E-state index is 13.8. The second-order valence-electron chi connectivity index (χ2n) is 8.98. The van der Waals surface area contributed by atoms with Gasteiger partial charge in [-0.15, -0.1) is 6.42 Å². The number of aromatic nitrogens is 4. The zero-order valence-corrected chi connectivity index (χ0v) is 19.9. The number of unbranched alkanes of at least 4 members (excludes halogenated alkanes) is 2. The molecule has 0 radical (unpaired) electrons. The predicted molar refractivity (Wildman–Crippen MR) is 125 cm³/mol. The van der Waals surface area contributed by atoms with Crippen LogP contribution < -0.4 is 5.73 Å². The molecule has 1 aliphatic carbocycles. The molecule has 0 aliphatic heterocycles. The molecular formula is C24H34FN5O4. The third-order valence-electron chi connectivity index (χ3n) is 6.84. The van der Waals surface area contributed by atoms with Crippen LogP contribution in [0.3, 0.4) is 0 Å². The molecule has 1 saturated carbocycles. The number of nitrogens with zero attached hydrogens (tertiary/aromatic N) is 4. The predicted octanol–water partition coefficient (Wildman–Crippen LogP) is 2.86. The average Bonchev–Trinajstić information content (AvgIpc) is 3.24. The number of fused-ring (bicyclic) bond motifs is 1. The number of ether oxygens (including phenoxy) is 2. The Morgan fingerprint density at radius 1 is 1.38 bits per heavy atom. The van der Waals surface area contributed by atoms with Gasteiger partial charge in [0.15, 0.2) is 23.2 Å². The fourth-order valence-electron chi connectivity index (χ4n) is 4.63. The van der Waals surface area contributed by atoms with Crippen LogP contribution in [-0.2, 0) is 20.8 Å². The van der Waals surface area contributed by atoms with Crippen LogP contribution in [0, 0.1) is 30.3 Å². The second kappa shape index (κ2) is 11.6. The van der Waals surface area contributed by atoms with Gasteiger partial charge in [0.05, 0.1) is 25.4 Å². The van der Waals surface area contributed by atoms with Crippen molar-refractivity contribution in [3.63, 3.8) is 0 Å². The molecule has 1 unspecified atom stereocenters. The van der Waals surface area contributed by atoms with E-state index in [1.807, 2.05) is 0 Å². The van der Waals surface area contributed by atoms with Crippen molar-refractivity contribution in [1.82, 2.24) is 19.5 Å². The van der Waals surface area contributed by atoms with E-state index in [1.54, 1.807) is 0 Å². The van der Waals surface area contributed by atoms with Crippen LogP contribution in [0.4, 0.5) is 10.2 Å². The van der Waals surface area contributed by atoms with E-state index < -0.39 is 24.4 Å². The minimum atomic E-state index is -1.60. The molecule has 186 valence electrons. The number of terminal acetylenes is 1. The lowest BCUT2D eigenvalue weighted by Gasteiger charge is -2.35. The first kappa shape index (κ1) is 25.8. The zero-order chi connectivity index (χ0) is 24.7. The van der Waals surface area contributed by atoms with E-state index in [-0.39, 0.29) is 35.4 Å². The molecule has 1 aliphatic rings. The van der Waals surface area contributed by atoms with Gasteiger partial charge in [-0.1, -0.05) is 38.5 Å². The molecule has 2 heterocycles. The summed E-state index contributed by atoms with van der Waals surface area (Å²) in [7, 11) is 1.34. The summed E-state index contributed by atoms with van der Waals surface area (Å²) in [6.45, 7) is 1.54. The van der Waals surface area contributed by atoms with E-state index in [9.17, 15) is 14.3 Å². The summed E-state index contributed by atoms with van der Waals surface area (Å²) in [5, 5.41) is 10.0. The monoisotopic (exact) mass is 475 g/mol. The van der Waals surface area contributed by atoms with Gasteiger partial charge in [0.1, 0.15) is 5.52 Å². The minimum absolute atomic E-state index is 0.0664. The quantitative estimate of drug-likeness (QED) is 0.220. The highest BCUT2D eigenvalue weighted by atomic mass is 19.1. The van der Waals surface area contributed by atoms with Crippen molar-refractivity contribution >= 4 is 23.0 Å². The first-order chi connectivity index (χ1) is 16.4. The topological polar surface area (TPSA) is 125 Å². The van der Waals surface area contributed by atoms with Crippen molar-refractivity contribution in [1.29, 1.82) is 0 Å². The van der Waals surface area contributed by atoms with Crippen LogP contribution in [0.1, 0.15) is 58.3 Å². The molecule has 0 saturated heterocycles. The molecule has 3 N–H and O–H groups in total. The number of imidazole rings is 1. The number of hydrogen-bond donors (Lipinski definition) is 2. The highest BCUT2D eigenvalue weighted by Gasteiger charge is 2.42. The molecule has 10 heteroatoms. The van der Waals surface area contributed by atoms with Crippen molar-refractivity contribution < 1.29 is 23.8 Å². The third kappa shape index (κ3) is 5.65. The molecule has 34 heavy (non-hydrogen) atoms. The Hall–Kier alpha value is -2.77. The van der Waals surface area contributed by atoms with Crippen molar-refractivity contribution in [2.45, 2.75) is 76.5 Å². The molecule has 1 fully saturated rings. The molecule has 0 aromatic carbocycles. The Bertz CT molecular complexity index is 1010. The van der Waals surface area contributed by atoms with Gasteiger partial charge in [-0.25, -0.2) is 4.98 Å². The molecule has 0 spiro atoms. The number of nitrogen functional groups attached to an aromatic ring is 1. The molecular weight excluding hydrogens is 441 g/mol. The van der Waals surface area contributed by atoms with E-state index in [0.717, 1.165) is 25.7 Å². The SMILES string of the molecule is C#CC(CO)(OC)[C@H](Cn1cnc2c(N)nc(F)nc21)OC(=O)C1CCC(CCCCC)CC1. The first-order valence-corrected chi connectivity index (χ1v) is 11.9. The van der Waals surface area contributed by atoms with Crippen molar-refractivity contribution in [2.75, 3.05) is 19.5 Å². The summed E-state index contributed by atoms with van der Waals surface area (Å²) in [4.78, 5) is 24.5. The number of aliphatic hydroxyl groups is 1. The number of carbonyl (C=O) groups excluding carboxylic acids is 1. The zero-order valence-electron chi connectivity index (χ0n) is 19.9. The van der Waals surface area contributed by atoms with Crippen LogP contribution >= 0.6 is 0 Å². The summed E-state index contributed by atoms with van der Waals surface area (Å²) < 4.78 is 26.5. The Morgan fingerprint density at radius 2 is 2.12 bits per heavy atom. The second-order valence-corrected chi connectivity index (χ2v) is 8.98. The Morgan fingerprint density at radius 3 is 2.74 bits per heavy atom. The number of halogens is 1. The van der Waals surface area contributed by atoms with Crippen LogP contribution in [0.5, 0.6) is 0 Å². The van der Waals surface area contributed by atoms with Crippen LogP contribution in [0.15, 0.2) is 6.33 Å². The number of esters is 1. The Labute approximate surface area is 199 Å². The minimum Gasteiger partial charge on any atom is -0.456 e. The number of methoxy groups -OCH3 is 1. The van der Waals surface area contributed by atoms with Gasteiger partial charge in [0, 0.05) is 7.11 Å². The fourth-order valence-corrected chi connectivity index (χ4v) is 4.63. The maximum Gasteiger partial charge on any atom is 0.312 e. The number of aliphatic hydroxyl groups excluding tert-OH is 1. The Balaban J connectivity index is 1.76. The number of rotatable bonds is 11. The Kier molecular flexibility index (Phi) is 8.80. The lowest BCUT2D eigenvalue weighted by molar-refractivity contribution is -0.173. The first-order valence-electron chi connectivity index (χ1n) is 11.9. The molecule has 3 rings (SSSR count). The summed E-state index contributed by atoms with van der Waals surface area (Å²) >= 11 is 0. The molecule has 0 bridgehead atoms. The van der Waals surface area contributed by atoms with Crippen LogP contribution in [0.2, 0.25) is 0 Å². The fraction of sp³-hybridized carbons (Fsp3) is 0.667. The van der Waals surface area contributed by atoms with Crippen molar-refractivity contribution in [3.8, 4) is 12.3 Å². The summed E-state index contributed by atoms with van der Waals surface area (Å²) in [6, 6.07) is 0. The van der Waals surface area contributed by atoms with E-state index in [4.69, 9.17) is 21.6 Å². The summed E-state index contributed by atoms with van der Waals surface area (Å²) in [5.41, 5.74) is 4.48. The number of hydrogen-bond acceptors (Lipinski definition) is 8. The smallest absolute Gasteiger partial charge is 0.312 e. The lowest BCUT2D eigenvalue weighted by Crippen LogP contribution is -2.51. The highest BCUT2D eigenvalue weighted by Crippen LogP contribution is 2.34. The number of carbonyl (C=O) groups is 1. The number of nitrogens with two attached hydrogens (primary N) is 1. The van der Waals surface area contributed by atoms with E-state index in [0.29, 0.717) is 5.92 Å². The highest BCUT2D eigenvalue weighted by molar-refractivity contribution is 5.81. The third-order valence-corrected chi connectivity index (χ3v) is 6.84. The number of anilines is 1. The normalized spacial score (nSPS) is 21.0. The molecule has 2 atom stereocenters. The summed E-state index contributed by atoms with van der Waals surface area (Å²) in [6.07, 6.45) is 13.3. The van der Waals surface area contributed by atoms with E-state index >= 15 is 0 Å². The van der Waals surface area contributed by atoms with Crippen LogP contribution in [-0.4, -0.2) is 56.0 Å². The molecule has 2 aromatic heterocycles. The van der Waals surface area contributed by atoms with Gasteiger partial charge in [-0.2, -0.15) is 14.4 Å². The average molecular weight is 476 g/mol. The van der Waals surface area contributed by atoms with Gasteiger partial charge in [0.25, 0.3) is 0 Å². The van der Waals surface area contributed by atoms with Gasteiger partial charge in [0.2, 0.25) is 0 Å². The van der Waals surface area contributed by atoms with Crippen molar-refractivity contribution in [3.05, 3.63) is 12.4 Å². The largest absolute Gasteiger partial charge is 0.456 e. The van der Waals surface area contributed by atoms with Gasteiger partial charge in [-0.05, 0) is 31.6 Å². The maximum absolute atomic E-state index is 13.8. The van der Waals surface area contributed by atoms with Crippen molar-refractivity contribution in [2.24, 2.45) is 11.8 Å².